The van der Waals surface area contributed by atoms with Crippen molar-refractivity contribution in [2.45, 2.75) is 56.6 Å². The molecule has 7 nitrogen and oxygen atoms in total. The maximum absolute atomic E-state index is 13.1. The number of hydrogen-bond acceptors (Lipinski definition) is 5. The number of aryl methyl sites for hydroxylation is 1. The first-order valence-electron chi connectivity index (χ1n) is 10.5. The van der Waals surface area contributed by atoms with Gasteiger partial charge in [-0.3, -0.25) is 19.3 Å². The van der Waals surface area contributed by atoms with Gasteiger partial charge in [0.15, 0.2) is 0 Å². The molecule has 2 aliphatic heterocycles. The second-order valence-electron chi connectivity index (χ2n) is 8.62. The Labute approximate surface area is 161 Å². The molecule has 0 bridgehead atoms. The summed E-state index contributed by atoms with van der Waals surface area (Å²) in [5.41, 5.74) is 0.420. The summed E-state index contributed by atoms with van der Waals surface area (Å²) in [5, 5.41) is 15.0. The zero-order valence-electron chi connectivity index (χ0n) is 16.5. The third-order valence-corrected chi connectivity index (χ3v) is 6.56. The van der Waals surface area contributed by atoms with Crippen molar-refractivity contribution in [3.8, 4) is 0 Å². The molecule has 0 unspecified atom stereocenters. The number of piperazine rings is 1. The molecule has 2 saturated heterocycles. The fraction of sp³-hybridized carbons (Fsp3) is 0.800. The lowest BCUT2D eigenvalue weighted by atomic mass is 9.84. The standard InChI is InChI=1S/C20H33N5O2/c1-22-15-17(14-21-22)25-9-5-6-18(19(25)26)24-12-10-23(11-13-24)16-20(27)7-3-2-4-8-20/h14-15,18,27H,2-13,16H2,1H3/t18-/m1/s1. The summed E-state index contributed by atoms with van der Waals surface area (Å²) < 4.78 is 1.75. The van der Waals surface area contributed by atoms with Gasteiger partial charge >= 0.3 is 0 Å². The second-order valence-corrected chi connectivity index (χ2v) is 8.62. The van der Waals surface area contributed by atoms with E-state index in [1.807, 2.05) is 18.1 Å². The number of aromatic nitrogens is 2. The van der Waals surface area contributed by atoms with Crippen molar-refractivity contribution in [2.75, 3.05) is 44.2 Å². The number of amides is 1. The van der Waals surface area contributed by atoms with Crippen LogP contribution in [0.3, 0.4) is 0 Å². The molecule has 3 fully saturated rings. The molecular formula is C20H33N5O2. The van der Waals surface area contributed by atoms with Gasteiger partial charge in [-0.15, -0.1) is 0 Å². The zero-order valence-corrected chi connectivity index (χ0v) is 16.5. The monoisotopic (exact) mass is 375 g/mol. The average molecular weight is 376 g/mol. The molecule has 1 atom stereocenters. The summed E-state index contributed by atoms with van der Waals surface area (Å²) in [6.45, 7) is 5.29. The lowest BCUT2D eigenvalue weighted by Gasteiger charge is -2.44. The highest BCUT2D eigenvalue weighted by Gasteiger charge is 2.37. The minimum Gasteiger partial charge on any atom is -0.389 e. The summed E-state index contributed by atoms with van der Waals surface area (Å²) in [4.78, 5) is 19.7. The van der Waals surface area contributed by atoms with Crippen LogP contribution in [0.4, 0.5) is 5.69 Å². The summed E-state index contributed by atoms with van der Waals surface area (Å²) in [6.07, 6.45) is 11.1. The van der Waals surface area contributed by atoms with Gasteiger partial charge in [-0.25, -0.2) is 0 Å². The molecule has 150 valence electrons. The highest BCUT2D eigenvalue weighted by molar-refractivity contribution is 5.97. The van der Waals surface area contributed by atoms with Gasteiger partial charge in [0.2, 0.25) is 5.91 Å². The third kappa shape index (κ3) is 4.20. The van der Waals surface area contributed by atoms with E-state index in [1.54, 1.807) is 10.9 Å². The van der Waals surface area contributed by atoms with E-state index in [2.05, 4.69) is 14.9 Å². The van der Waals surface area contributed by atoms with E-state index in [1.165, 1.54) is 6.42 Å². The van der Waals surface area contributed by atoms with Crippen LogP contribution in [0, 0.1) is 0 Å². The van der Waals surface area contributed by atoms with E-state index in [0.29, 0.717) is 0 Å². The molecule has 1 aromatic heterocycles. The van der Waals surface area contributed by atoms with Crippen molar-refractivity contribution in [1.29, 1.82) is 0 Å². The highest BCUT2D eigenvalue weighted by Crippen LogP contribution is 2.30. The SMILES string of the molecule is Cn1cc(N2CCC[C@@H](N3CCN(CC4(O)CCCCC4)CC3)C2=O)cn1. The molecule has 3 heterocycles. The molecule has 27 heavy (non-hydrogen) atoms. The first kappa shape index (κ1) is 18.9. The first-order chi connectivity index (χ1) is 13.0. The molecule has 4 rings (SSSR count). The summed E-state index contributed by atoms with van der Waals surface area (Å²) >= 11 is 0. The van der Waals surface area contributed by atoms with Gasteiger partial charge < -0.3 is 10.0 Å². The van der Waals surface area contributed by atoms with Crippen LogP contribution in [0.15, 0.2) is 12.4 Å². The number of aliphatic hydroxyl groups is 1. The van der Waals surface area contributed by atoms with Crippen LogP contribution >= 0.6 is 0 Å². The molecule has 7 heteroatoms. The van der Waals surface area contributed by atoms with Crippen molar-refractivity contribution in [3.05, 3.63) is 12.4 Å². The zero-order chi connectivity index (χ0) is 18.9. The van der Waals surface area contributed by atoms with E-state index in [9.17, 15) is 9.90 Å². The molecule has 1 N–H and O–H groups in total. The smallest absolute Gasteiger partial charge is 0.244 e. The summed E-state index contributed by atoms with van der Waals surface area (Å²) in [7, 11) is 1.88. The number of carbonyl (C=O) groups is 1. The Morgan fingerprint density at radius 2 is 1.85 bits per heavy atom. The summed E-state index contributed by atoms with van der Waals surface area (Å²) in [5.74, 6) is 0.216. The molecule has 3 aliphatic rings. The normalized spacial score (nSPS) is 27.9. The number of anilines is 1. The van der Waals surface area contributed by atoms with Gasteiger partial charge in [-0.1, -0.05) is 19.3 Å². The van der Waals surface area contributed by atoms with Crippen LogP contribution in [0.25, 0.3) is 0 Å². The van der Waals surface area contributed by atoms with Gasteiger partial charge in [-0.05, 0) is 25.7 Å². The maximum Gasteiger partial charge on any atom is 0.244 e. The molecular weight excluding hydrogens is 342 g/mol. The topological polar surface area (TPSA) is 64.8 Å². The minimum absolute atomic E-state index is 0.0149. The first-order valence-corrected chi connectivity index (χ1v) is 10.5. The minimum atomic E-state index is -0.488. The average Bonchev–Trinajstić information content (AvgIpc) is 3.09. The van der Waals surface area contributed by atoms with Crippen LogP contribution in [0.1, 0.15) is 44.9 Å². The highest BCUT2D eigenvalue weighted by atomic mass is 16.3. The number of carbonyl (C=O) groups excluding carboxylic acids is 1. The van der Waals surface area contributed by atoms with Gasteiger partial charge in [0.1, 0.15) is 0 Å². The maximum atomic E-state index is 13.1. The van der Waals surface area contributed by atoms with Crippen LogP contribution < -0.4 is 4.90 Å². The van der Waals surface area contributed by atoms with Crippen LogP contribution in [0.2, 0.25) is 0 Å². The van der Waals surface area contributed by atoms with E-state index in [0.717, 1.165) is 83.5 Å². The molecule has 0 aromatic carbocycles. The van der Waals surface area contributed by atoms with E-state index < -0.39 is 5.60 Å². The second kappa shape index (κ2) is 7.89. The fourth-order valence-corrected chi connectivity index (χ4v) is 5.02. The predicted molar refractivity (Wildman–Crippen MR) is 105 cm³/mol. The Hall–Kier alpha value is -1.44. The number of β-amino-alcohol motifs (C(OH)–C–C–N with tert-alkyl or cyclic N) is 1. The Morgan fingerprint density at radius 3 is 2.52 bits per heavy atom. The van der Waals surface area contributed by atoms with Crippen LogP contribution in [0.5, 0.6) is 0 Å². The fourth-order valence-electron chi connectivity index (χ4n) is 5.02. The van der Waals surface area contributed by atoms with Gasteiger partial charge in [0.25, 0.3) is 0 Å². The molecule has 1 aromatic rings. The molecule has 0 spiro atoms. The van der Waals surface area contributed by atoms with Crippen molar-refractivity contribution in [2.24, 2.45) is 7.05 Å². The van der Waals surface area contributed by atoms with Crippen molar-refractivity contribution in [3.63, 3.8) is 0 Å². The quantitative estimate of drug-likeness (QED) is 0.858. The molecule has 1 saturated carbocycles. The van der Waals surface area contributed by atoms with Gasteiger partial charge in [0.05, 0.1) is 23.5 Å². The van der Waals surface area contributed by atoms with E-state index in [-0.39, 0.29) is 11.9 Å². The van der Waals surface area contributed by atoms with Crippen LogP contribution in [-0.2, 0) is 11.8 Å². The van der Waals surface area contributed by atoms with Crippen molar-refractivity contribution < 1.29 is 9.90 Å². The number of piperidine rings is 1. The number of nitrogens with zero attached hydrogens (tertiary/aromatic N) is 5. The van der Waals surface area contributed by atoms with Crippen molar-refractivity contribution >= 4 is 11.6 Å². The molecule has 1 amide bonds. The molecule has 0 radical (unpaired) electrons. The Morgan fingerprint density at radius 1 is 1.11 bits per heavy atom. The summed E-state index contributed by atoms with van der Waals surface area (Å²) in [6, 6.07) is -0.0149. The number of rotatable bonds is 4. The largest absolute Gasteiger partial charge is 0.389 e. The van der Waals surface area contributed by atoms with E-state index in [4.69, 9.17) is 0 Å². The third-order valence-electron chi connectivity index (χ3n) is 6.56. The number of hydrogen-bond donors (Lipinski definition) is 1. The lowest BCUT2D eigenvalue weighted by molar-refractivity contribution is -0.126. The van der Waals surface area contributed by atoms with Crippen molar-refractivity contribution in [1.82, 2.24) is 19.6 Å². The van der Waals surface area contributed by atoms with Gasteiger partial charge in [-0.2, -0.15) is 5.10 Å². The molecule has 1 aliphatic carbocycles. The van der Waals surface area contributed by atoms with E-state index >= 15 is 0 Å². The van der Waals surface area contributed by atoms with Gasteiger partial charge in [0, 0.05) is 52.5 Å². The Bertz CT molecular complexity index is 647. The van der Waals surface area contributed by atoms with Crippen LogP contribution in [-0.4, -0.2) is 81.5 Å². The predicted octanol–water partition coefficient (Wildman–Crippen LogP) is 1.23. The lowest BCUT2D eigenvalue weighted by Crippen LogP contribution is -2.59. The Kier molecular flexibility index (Phi) is 5.53. The Balaban J connectivity index is 1.33.